The first-order valence-corrected chi connectivity index (χ1v) is 7.48. The minimum absolute atomic E-state index is 0.753. The predicted molar refractivity (Wildman–Crippen MR) is 83.0 cm³/mol. The first kappa shape index (κ1) is 12.8. The molecule has 0 aliphatic heterocycles. The zero-order chi connectivity index (χ0) is 13.9. The normalized spacial score (nSPS) is 10.6. The van der Waals surface area contributed by atoms with Crippen LogP contribution in [-0.4, -0.2) is 4.98 Å². The lowest BCUT2D eigenvalue weighted by atomic mass is 10.0. The third-order valence-corrected chi connectivity index (χ3v) is 4.40. The molecule has 0 saturated heterocycles. The highest BCUT2D eigenvalue weighted by Crippen LogP contribution is 2.25. The number of fused-ring (bicyclic) bond motifs is 1. The summed E-state index contributed by atoms with van der Waals surface area (Å²) in [5, 5.41) is 12.7. The average Bonchev–Trinajstić information content (AvgIpc) is 2.90. The fourth-order valence-electron chi connectivity index (χ4n) is 2.41. The Balaban J connectivity index is 2.01. The molecule has 0 aliphatic carbocycles. The number of aromatic nitrogens is 1. The maximum atomic E-state index is 9.12. The van der Waals surface area contributed by atoms with E-state index in [1.807, 2.05) is 6.92 Å². The Morgan fingerprint density at radius 1 is 1.15 bits per heavy atom. The topological polar surface area (TPSA) is 36.7 Å². The van der Waals surface area contributed by atoms with E-state index in [0.717, 1.165) is 28.4 Å². The molecule has 0 saturated carbocycles. The molecule has 0 spiro atoms. The molecule has 20 heavy (non-hydrogen) atoms. The molecule has 0 N–H and O–H groups in total. The molecule has 3 aromatic rings. The lowest BCUT2D eigenvalue weighted by Crippen LogP contribution is -1.90. The molecule has 2 nitrogen and oxygen atoms in total. The molecule has 0 amide bonds. The average molecular weight is 278 g/mol. The van der Waals surface area contributed by atoms with E-state index in [4.69, 9.17) is 5.26 Å². The molecule has 0 radical (unpaired) electrons. The number of nitriles is 1. The van der Waals surface area contributed by atoms with Gasteiger partial charge in [-0.3, -0.25) is 0 Å². The van der Waals surface area contributed by atoms with E-state index in [0.29, 0.717) is 0 Å². The Morgan fingerprint density at radius 3 is 2.70 bits per heavy atom. The van der Waals surface area contributed by atoms with Gasteiger partial charge in [-0.15, -0.1) is 11.3 Å². The van der Waals surface area contributed by atoms with Gasteiger partial charge in [-0.1, -0.05) is 49.4 Å². The van der Waals surface area contributed by atoms with Crippen LogP contribution in [0.2, 0.25) is 0 Å². The van der Waals surface area contributed by atoms with Gasteiger partial charge in [-0.05, 0) is 22.8 Å². The number of hydrogen-bond acceptors (Lipinski definition) is 3. The molecule has 0 fully saturated rings. The van der Waals surface area contributed by atoms with Crippen LogP contribution >= 0.6 is 11.3 Å². The molecule has 1 aromatic heterocycles. The lowest BCUT2D eigenvalue weighted by molar-refractivity contribution is 1.02. The zero-order valence-corrected chi connectivity index (χ0v) is 12.1. The third-order valence-electron chi connectivity index (χ3n) is 3.40. The number of hydrogen-bond donors (Lipinski definition) is 0. The van der Waals surface area contributed by atoms with E-state index in [9.17, 15) is 0 Å². The van der Waals surface area contributed by atoms with Gasteiger partial charge in [0.2, 0.25) is 0 Å². The predicted octanol–water partition coefficient (Wildman–Crippen LogP) is 4.32. The van der Waals surface area contributed by atoms with Crippen molar-refractivity contribution in [1.82, 2.24) is 4.98 Å². The van der Waals surface area contributed by atoms with Gasteiger partial charge in [-0.2, -0.15) is 5.26 Å². The summed E-state index contributed by atoms with van der Waals surface area (Å²) in [6.07, 6.45) is 1.61. The summed E-state index contributed by atoms with van der Waals surface area (Å²) in [5.41, 5.74) is 2.19. The van der Waals surface area contributed by atoms with Crippen molar-refractivity contribution in [3.8, 4) is 6.07 Å². The fraction of sp³-hybridized carbons (Fsp3) is 0.176. The van der Waals surface area contributed by atoms with Crippen LogP contribution < -0.4 is 0 Å². The van der Waals surface area contributed by atoms with E-state index in [1.54, 1.807) is 0 Å². The van der Waals surface area contributed by atoms with Gasteiger partial charge in [0.25, 0.3) is 0 Å². The van der Waals surface area contributed by atoms with E-state index in [1.165, 1.54) is 27.7 Å². The van der Waals surface area contributed by atoms with Gasteiger partial charge < -0.3 is 0 Å². The van der Waals surface area contributed by atoms with Gasteiger partial charge in [0, 0.05) is 6.42 Å². The number of aryl methyl sites for hydroxylation is 1. The number of thiazole rings is 1. The van der Waals surface area contributed by atoms with Crippen molar-refractivity contribution >= 4 is 22.1 Å². The number of benzene rings is 2. The van der Waals surface area contributed by atoms with Crippen LogP contribution in [0.5, 0.6) is 0 Å². The summed E-state index contributed by atoms with van der Waals surface area (Å²) in [6, 6.07) is 17.0. The van der Waals surface area contributed by atoms with Crippen LogP contribution in [0.15, 0.2) is 42.5 Å². The molecule has 1 heterocycles. The molecular weight excluding hydrogens is 264 g/mol. The molecule has 0 atom stereocenters. The maximum absolute atomic E-state index is 9.12. The summed E-state index contributed by atoms with van der Waals surface area (Å²) in [7, 11) is 0. The van der Waals surface area contributed by atoms with Gasteiger partial charge in [0.15, 0.2) is 0 Å². The van der Waals surface area contributed by atoms with Crippen LogP contribution in [-0.2, 0) is 12.8 Å². The Morgan fingerprint density at radius 2 is 1.95 bits per heavy atom. The van der Waals surface area contributed by atoms with Crippen LogP contribution in [0.4, 0.5) is 0 Å². The van der Waals surface area contributed by atoms with Crippen molar-refractivity contribution in [1.29, 1.82) is 5.26 Å². The van der Waals surface area contributed by atoms with Gasteiger partial charge >= 0.3 is 0 Å². The Bertz CT molecular complexity index is 791. The first-order chi connectivity index (χ1) is 9.81. The smallest absolute Gasteiger partial charge is 0.128 e. The maximum Gasteiger partial charge on any atom is 0.128 e. The minimum atomic E-state index is 0.753. The second kappa shape index (κ2) is 5.44. The SMILES string of the molecule is CCc1nc(Cc2cccc3ccccc23)sc1C#N. The molecule has 2 aromatic carbocycles. The van der Waals surface area contributed by atoms with Crippen molar-refractivity contribution in [3.63, 3.8) is 0 Å². The highest BCUT2D eigenvalue weighted by atomic mass is 32.1. The molecule has 3 rings (SSSR count). The van der Waals surface area contributed by atoms with E-state index < -0.39 is 0 Å². The summed E-state index contributed by atoms with van der Waals surface area (Å²) in [5.74, 6) is 0. The summed E-state index contributed by atoms with van der Waals surface area (Å²) in [6.45, 7) is 2.04. The monoisotopic (exact) mass is 278 g/mol. The minimum Gasteiger partial charge on any atom is -0.244 e. The van der Waals surface area contributed by atoms with Crippen LogP contribution in [0.25, 0.3) is 10.8 Å². The molecular formula is C17H14N2S. The quantitative estimate of drug-likeness (QED) is 0.715. The van der Waals surface area contributed by atoms with Crippen molar-refractivity contribution in [2.24, 2.45) is 0 Å². The first-order valence-electron chi connectivity index (χ1n) is 6.67. The second-order valence-electron chi connectivity index (χ2n) is 4.66. The Hall–Kier alpha value is -2.18. The summed E-state index contributed by atoms with van der Waals surface area (Å²) >= 11 is 1.52. The van der Waals surface area contributed by atoms with Crippen molar-refractivity contribution in [2.75, 3.05) is 0 Å². The Labute approximate surface area is 122 Å². The van der Waals surface area contributed by atoms with E-state index in [2.05, 4.69) is 53.5 Å². The van der Waals surface area contributed by atoms with E-state index in [-0.39, 0.29) is 0 Å². The summed E-state index contributed by atoms with van der Waals surface area (Å²) in [4.78, 5) is 5.35. The van der Waals surface area contributed by atoms with Gasteiger partial charge in [0.05, 0.1) is 10.7 Å². The number of nitrogens with zero attached hydrogens (tertiary/aromatic N) is 2. The van der Waals surface area contributed by atoms with Crippen molar-refractivity contribution in [3.05, 3.63) is 63.6 Å². The fourth-order valence-corrected chi connectivity index (χ4v) is 3.39. The highest BCUT2D eigenvalue weighted by molar-refractivity contribution is 7.12. The zero-order valence-electron chi connectivity index (χ0n) is 11.3. The Kier molecular flexibility index (Phi) is 3.49. The molecule has 0 aliphatic rings. The molecule has 98 valence electrons. The van der Waals surface area contributed by atoms with Crippen LogP contribution in [0.1, 0.15) is 28.1 Å². The van der Waals surface area contributed by atoms with E-state index >= 15 is 0 Å². The highest BCUT2D eigenvalue weighted by Gasteiger charge is 2.10. The van der Waals surface area contributed by atoms with Crippen molar-refractivity contribution in [2.45, 2.75) is 19.8 Å². The summed E-state index contributed by atoms with van der Waals surface area (Å²) < 4.78 is 0. The van der Waals surface area contributed by atoms with Gasteiger partial charge in [0.1, 0.15) is 10.9 Å². The molecule has 0 bridgehead atoms. The molecule has 3 heteroatoms. The van der Waals surface area contributed by atoms with Crippen LogP contribution in [0.3, 0.4) is 0 Å². The lowest BCUT2D eigenvalue weighted by Gasteiger charge is -2.04. The van der Waals surface area contributed by atoms with Crippen molar-refractivity contribution < 1.29 is 0 Å². The largest absolute Gasteiger partial charge is 0.244 e. The van der Waals surface area contributed by atoms with Gasteiger partial charge in [-0.25, -0.2) is 4.98 Å². The van der Waals surface area contributed by atoms with Crippen LogP contribution in [0, 0.1) is 11.3 Å². The second-order valence-corrected chi connectivity index (χ2v) is 5.75. The standard InChI is InChI=1S/C17H14N2S/c1-2-15-16(11-18)20-17(19-15)10-13-8-5-7-12-6-3-4-9-14(12)13/h3-9H,2,10H2,1H3. The molecule has 0 unspecified atom stereocenters. The number of rotatable bonds is 3. The third kappa shape index (κ3) is 2.31.